The van der Waals surface area contributed by atoms with Gasteiger partial charge < -0.3 is 0 Å². The molecule has 19 heavy (non-hydrogen) atoms. The summed E-state index contributed by atoms with van der Waals surface area (Å²) >= 11 is 0. The van der Waals surface area contributed by atoms with Crippen LogP contribution in [0.5, 0.6) is 0 Å². The van der Waals surface area contributed by atoms with Gasteiger partial charge in [-0.25, -0.2) is 26.7 Å². The summed E-state index contributed by atoms with van der Waals surface area (Å²) in [6, 6.07) is 4.77. The van der Waals surface area contributed by atoms with Gasteiger partial charge >= 0.3 is 0 Å². The molecule has 1 unspecified atom stereocenters. The van der Waals surface area contributed by atoms with Crippen LogP contribution in [0.1, 0.15) is 26.7 Å². The maximum absolute atomic E-state index is 12.0. The predicted octanol–water partition coefficient (Wildman–Crippen LogP) is 0.801. The number of nitrogens with two attached hydrogens (primary N) is 1. The van der Waals surface area contributed by atoms with Crippen LogP contribution in [-0.4, -0.2) is 22.9 Å². The zero-order valence-corrected chi connectivity index (χ0v) is 12.5. The largest absolute Gasteiger partial charge is 0.240 e. The highest BCUT2D eigenvalue weighted by atomic mass is 32.2. The molecule has 0 heterocycles. The summed E-state index contributed by atoms with van der Waals surface area (Å²) < 4.78 is 49.0. The molecule has 0 spiro atoms. The lowest BCUT2D eigenvalue weighted by Crippen LogP contribution is -2.32. The first-order valence-corrected chi connectivity index (χ1v) is 8.85. The molecule has 1 aromatic rings. The van der Waals surface area contributed by atoms with Crippen LogP contribution in [0.15, 0.2) is 34.1 Å². The first-order valence-electron chi connectivity index (χ1n) is 5.82. The second-order valence-corrected chi connectivity index (χ2v) is 7.61. The smallest absolute Gasteiger partial charge is 0.225 e. The van der Waals surface area contributed by atoms with E-state index in [4.69, 9.17) is 5.14 Å². The van der Waals surface area contributed by atoms with Crippen LogP contribution in [0, 0.1) is 0 Å². The second-order valence-electron chi connectivity index (χ2n) is 4.33. The third kappa shape index (κ3) is 4.57. The van der Waals surface area contributed by atoms with Crippen LogP contribution in [-0.2, 0) is 20.0 Å². The van der Waals surface area contributed by atoms with Crippen LogP contribution < -0.4 is 9.86 Å². The van der Waals surface area contributed by atoms with Crippen molar-refractivity contribution < 1.29 is 16.8 Å². The fourth-order valence-corrected chi connectivity index (χ4v) is 3.60. The standard InChI is InChI=1S/C11H18N2O4S2/c1-3-5-9(2)13-19(16,17)11-7-4-6-10(8-11)18(12,14)15/h4,6-9,13H,3,5H2,1-2H3,(H2,12,14,15). The van der Waals surface area contributed by atoms with E-state index in [0.29, 0.717) is 6.42 Å². The molecule has 0 aromatic heterocycles. The lowest BCUT2D eigenvalue weighted by Gasteiger charge is -2.13. The van der Waals surface area contributed by atoms with Crippen molar-refractivity contribution in [1.82, 2.24) is 4.72 Å². The summed E-state index contributed by atoms with van der Waals surface area (Å²) in [6.45, 7) is 3.71. The third-order valence-electron chi connectivity index (χ3n) is 2.52. The predicted molar refractivity (Wildman–Crippen MR) is 72.5 cm³/mol. The Bertz CT molecular complexity index is 638. The van der Waals surface area contributed by atoms with Crippen molar-refractivity contribution in [2.45, 2.75) is 42.5 Å². The van der Waals surface area contributed by atoms with Crippen LogP contribution in [0.3, 0.4) is 0 Å². The average molecular weight is 306 g/mol. The Morgan fingerprint density at radius 3 is 2.32 bits per heavy atom. The van der Waals surface area contributed by atoms with Gasteiger partial charge in [-0.05, 0) is 31.5 Å². The first-order chi connectivity index (χ1) is 8.66. The van der Waals surface area contributed by atoms with Gasteiger partial charge in [0.15, 0.2) is 0 Å². The van der Waals surface area contributed by atoms with E-state index in [0.717, 1.165) is 12.5 Å². The second kappa shape index (κ2) is 6.00. The number of primary sulfonamides is 1. The summed E-state index contributed by atoms with van der Waals surface area (Å²) in [5.74, 6) is 0. The van der Waals surface area contributed by atoms with Gasteiger partial charge in [0.05, 0.1) is 9.79 Å². The van der Waals surface area contributed by atoms with Gasteiger partial charge in [0.25, 0.3) is 0 Å². The number of rotatable bonds is 6. The summed E-state index contributed by atoms with van der Waals surface area (Å²) in [5, 5.41) is 4.97. The zero-order chi connectivity index (χ0) is 14.7. The van der Waals surface area contributed by atoms with Crippen molar-refractivity contribution in [2.24, 2.45) is 5.14 Å². The Morgan fingerprint density at radius 2 is 1.79 bits per heavy atom. The van der Waals surface area contributed by atoms with E-state index in [1.807, 2.05) is 6.92 Å². The van der Waals surface area contributed by atoms with E-state index in [-0.39, 0.29) is 15.8 Å². The Morgan fingerprint density at radius 1 is 1.21 bits per heavy atom. The maximum Gasteiger partial charge on any atom is 0.240 e. The molecule has 1 rings (SSSR count). The molecule has 0 fully saturated rings. The SMILES string of the molecule is CCCC(C)NS(=O)(=O)c1cccc(S(N)(=O)=O)c1. The van der Waals surface area contributed by atoms with Crippen molar-refractivity contribution in [3.8, 4) is 0 Å². The lowest BCUT2D eigenvalue weighted by molar-refractivity contribution is 0.543. The minimum absolute atomic E-state index is 0.109. The van der Waals surface area contributed by atoms with Gasteiger partial charge in [0.2, 0.25) is 20.0 Å². The Kier molecular flexibility index (Phi) is 5.08. The number of hydrogen-bond donors (Lipinski definition) is 2. The highest BCUT2D eigenvalue weighted by molar-refractivity contribution is 7.90. The molecule has 0 aliphatic carbocycles. The topological polar surface area (TPSA) is 106 Å². The summed E-state index contributed by atoms with van der Waals surface area (Å²) in [7, 11) is -7.65. The minimum Gasteiger partial charge on any atom is -0.225 e. The van der Waals surface area contributed by atoms with Crippen LogP contribution in [0.2, 0.25) is 0 Å². The monoisotopic (exact) mass is 306 g/mol. The Balaban J connectivity index is 3.09. The fraction of sp³-hybridized carbons (Fsp3) is 0.455. The van der Waals surface area contributed by atoms with E-state index < -0.39 is 20.0 Å². The molecule has 1 aromatic carbocycles. The highest BCUT2D eigenvalue weighted by Crippen LogP contribution is 2.15. The molecule has 108 valence electrons. The van der Waals surface area contributed by atoms with Crippen molar-refractivity contribution in [1.29, 1.82) is 0 Å². The minimum atomic E-state index is -3.92. The first kappa shape index (κ1) is 16.1. The Hall–Kier alpha value is -0.960. The van der Waals surface area contributed by atoms with Crippen LogP contribution in [0.4, 0.5) is 0 Å². The Labute approximate surface area is 114 Å². The van der Waals surface area contributed by atoms with Crippen molar-refractivity contribution in [2.75, 3.05) is 0 Å². The van der Waals surface area contributed by atoms with E-state index in [9.17, 15) is 16.8 Å². The number of nitrogens with one attached hydrogen (secondary N) is 1. The van der Waals surface area contributed by atoms with Gasteiger partial charge in [-0.3, -0.25) is 0 Å². The molecule has 1 atom stereocenters. The number of benzene rings is 1. The van der Waals surface area contributed by atoms with Gasteiger partial charge in [-0.15, -0.1) is 0 Å². The molecule has 0 aliphatic rings. The van der Waals surface area contributed by atoms with E-state index in [1.165, 1.54) is 18.2 Å². The quantitative estimate of drug-likeness (QED) is 0.810. The van der Waals surface area contributed by atoms with E-state index >= 15 is 0 Å². The molecule has 0 radical (unpaired) electrons. The molecule has 0 bridgehead atoms. The normalized spacial score (nSPS) is 14.3. The molecule has 3 N–H and O–H groups in total. The highest BCUT2D eigenvalue weighted by Gasteiger charge is 2.19. The van der Waals surface area contributed by atoms with Crippen molar-refractivity contribution in [3.63, 3.8) is 0 Å². The average Bonchev–Trinajstić information content (AvgIpc) is 2.27. The van der Waals surface area contributed by atoms with Gasteiger partial charge in [0, 0.05) is 6.04 Å². The fourth-order valence-electron chi connectivity index (χ4n) is 1.64. The molecule has 0 saturated carbocycles. The van der Waals surface area contributed by atoms with Gasteiger partial charge in [-0.1, -0.05) is 19.4 Å². The van der Waals surface area contributed by atoms with Crippen LogP contribution >= 0.6 is 0 Å². The summed E-state index contributed by atoms with van der Waals surface area (Å²) in [4.78, 5) is -0.333. The van der Waals surface area contributed by atoms with Crippen LogP contribution in [0.25, 0.3) is 0 Å². The van der Waals surface area contributed by atoms with Crippen molar-refractivity contribution >= 4 is 20.0 Å². The molecular formula is C11H18N2O4S2. The number of hydrogen-bond acceptors (Lipinski definition) is 4. The third-order valence-corrected chi connectivity index (χ3v) is 5.02. The summed E-state index contributed by atoms with van der Waals surface area (Å²) in [6.07, 6.45) is 1.55. The zero-order valence-electron chi connectivity index (χ0n) is 10.8. The molecule has 0 aliphatic heterocycles. The number of sulfonamides is 2. The molecule has 8 heteroatoms. The van der Waals surface area contributed by atoms with E-state index in [1.54, 1.807) is 6.92 Å². The van der Waals surface area contributed by atoms with Gasteiger partial charge in [0.1, 0.15) is 0 Å². The summed E-state index contributed by atoms with van der Waals surface area (Å²) in [5.41, 5.74) is 0. The molecular weight excluding hydrogens is 288 g/mol. The van der Waals surface area contributed by atoms with Crippen molar-refractivity contribution in [3.05, 3.63) is 24.3 Å². The van der Waals surface area contributed by atoms with Gasteiger partial charge in [-0.2, -0.15) is 0 Å². The maximum atomic E-state index is 12.0. The lowest BCUT2D eigenvalue weighted by atomic mass is 10.2. The molecule has 0 saturated heterocycles. The molecule has 0 amide bonds. The molecule has 6 nitrogen and oxygen atoms in total. The van der Waals surface area contributed by atoms with E-state index in [2.05, 4.69) is 4.72 Å².